The lowest BCUT2D eigenvalue weighted by molar-refractivity contribution is -0.0987. The molecule has 1 aromatic heterocycles. The van der Waals surface area contributed by atoms with Crippen molar-refractivity contribution in [3.63, 3.8) is 0 Å². The van der Waals surface area contributed by atoms with Gasteiger partial charge in [-0.05, 0) is 13.8 Å². The van der Waals surface area contributed by atoms with Gasteiger partial charge in [-0.25, -0.2) is 4.98 Å². The Morgan fingerprint density at radius 2 is 2.06 bits per heavy atom. The number of hydroxylamine groups is 2. The van der Waals surface area contributed by atoms with Crippen LogP contribution in [0.1, 0.15) is 41.9 Å². The molecule has 1 aliphatic rings. The van der Waals surface area contributed by atoms with Crippen LogP contribution in [0, 0.1) is 0 Å². The third-order valence-corrected chi connectivity index (χ3v) is 2.87. The molecule has 1 N–H and O–H groups in total. The van der Waals surface area contributed by atoms with Gasteiger partial charge in [-0.15, -0.1) is 0 Å². The Bertz CT molecular complexity index is 451. The molecule has 94 valence electrons. The first-order chi connectivity index (χ1) is 7.91. The molecule has 0 spiro atoms. The van der Waals surface area contributed by atoms with E-state index >= 15 is 0 Å². The van der Waals surface area contributed by atoms with Crippen LogP contribution < -0.4 is 0 Å². The van der Waals surface area contributed by atoms with Crippen molar-refractivity contribution in [1.82, 2.24) is 19.5 Å². The van der Waals surface area contributed by atoms with Gasteiger partial charge in [0.25, 0.3) is 5.91 Å². The highest BCUT2D eigenvalue weighted by Crippen LogP contribution is 2.26. The van der Waals surface area contributed by atoms with Crippen LogP contribution in [-0.2, 0) is 13.1 Å². The van der Waals surface area contributed by atoms with Gasteiger partial charge in [0.2, 0.25) is 0 Å². The van der Waals surface area contributed by atoms with E-state index < -0.39 is 0 Å². The van der Waals surface area contributed by atoms with Crippen LogP contribution in [0.5, 0.6) is 0 Å². The van der Waals surface area contributed by atoms with Crippen LogP contribution in [0.15, 0.2) is 0 Å². The predicted molar refractivity (Wildman–Crippen MR) is 61.7 cm³/mol. The molecule has 2 heterocycles. The summed E-state index contributed by atoms with van der Waals surface area (Å²) >= 11 is 0. The van der Waals surface area contributed by atoms with Gasteiger partial charge in [0.05, 0.1) is 24.5 Å². The van der Waals surface area contributed by atoms with Crippen molar-refractivity contribution in [2.45, 2.75) is 33.0 Å². The topological polar surface area (TPSA) is 61.6 Å². The van der Waals surface area contributed by atoms with Gasteiger partial charge in [-0.1, -0.05) is 0 Å². The lowest BCUT2D eigenvalue weighted by Gasteiger charge is -2.17. The van der Waals surface area contributed by atoms with Crippen molar-refractivity contribution < 1.29 is 10.0 Å². The molecule has 0 radical (unpaired) electrons. The van der Waals surface area contributed by atoms with Gasteiger partial charge in [0.1, 0.15) is 0 Å². The number of fused-ring (bicyclic) bond motifs is 1. The number of aromatic nitrogens is 2. The van der Waals surface area contributed by atoms with Crippen molar-refractivity contribution in [2.24, 2.45) is 0 Å². The lowest BCUT2D eigenvalue weighted by atomic mass is 10.3. The van der Waals surface area contributed by atoms with E-state index in [1.165, 1.54) is 9.96 Å². The monoisotopic (exact) mass is 238 g/mol. The molecular weight excluding hydrogens is 220 g/mol. The number of imidazole rings is 1. The van der Waals surface area contributed by atoms with E-state index in [9.17, 15) is 10.0 Å². The number of nitrogens with zero attached hydrogens (tertiary/aromatic N) is 4. The van der Waals surface area contributed by atoms with Gasteiger partial charge in [0.15, 0.2) is 5.82 Å². The second kappa shape index (κ2) is 4.12. The van der Waals surface area contributed by atoms with Gasteiger partial charge in [-0.3, -0.25) is 4.79 Å². The van der Waals surface area contributed by atoms with Crippen molar-refractivity contribution >= 4 is 5.91 Å². The Kier molecular flexibility index (Phi) is 2.92. The van der Waals surface area contributed by atoms with Gasteiger partial charge in [-0.2, -0.15) is 5.06 Å². The maximum atomic E-state index is 12.0. The Morgan fingerprint density at radius 1 is 1.41 bits per heavy atom. The molecule has 0 aromatic carbocycles. The highest BCUT2D eigenvalue weighted by Gasteiger charge is 2.30. The number of hydrogen-bond donors (Lipinski definition) is 1. The molecule has 0 bridgehead atoms. The molecule has 6 heteroatoms. The highest BCUT2D eigenvalue weighted by molar-refractivity contribution is 5.90. The molecule has 0 aliphatic carbocycles. The summed E-state index contributed by atoms with van der Waals surface area (Å²) in [5, 5.41) is 10.7. The maximum Gasteiger partial charge on any atom is 0.289 e. The van der Waals surface area contributed by atoms with Gasteiger partial charge < -0.3 is 14.7 Å². The molecule has 0 saturated heterocycles. The molecule has 2 rings (SSSR count). The average molecular weight is 238 g/mol. The summed E-state index contributed by atoms with van der Waals surface area (Å²) in [6.07, 6.45) is 0. The zero-order chi connectivity index (χ0) is 12.7. The van der Waals surface area contributed by atoms with Crippen molar-refractivity contribution in [3.05, 3.63) is 17.2 Å². The van der Waals surface area contributed by atoms with Crippen LogP contribution in [0.3, 0.4) is 0 Å². The fraction of sp³-hybridized carbons (Fsp3) is 0.636. The molecule has 17 heavy (non-hydrogen) atoms. The summed E-state index contributed by atoms with van der Waals surface area (Å²) in [7, 11) is 3.43. The van der Waals surface area contributed by atoms with Crippen LogP contribution in [0.25, 0.3) is 0 Å². The molecule has 0 atom stereocenters. The fourth-order valence-electron chi connectivity index (χ4n) is 2.12. The summed E-state index contributed by atoms with van der Waals surface area (Å²) in [6, 6.07) is 0.150. The molecule has 1 aliphatic heterocycles. The number of hydrogen-bond acceptors (Lipinski definition) is 4. The Balaban J connectivity index is 2.48. The molecule has 1 aromatic rings. The number of carbonyl (C=O) groups is 1. The zero-order valence-electron chi connectivity index (χ0n) is 10.6. The van der Waals surface area contributed by atoms with Crippen molar-refractivity contribution in [2.75, 3.05) is 14.1 Å². The first-order valence-electron chi connectivity index (χ1n) is 5.67. The summed E-state index contributed by atoms with van der Waals surface area (Å²) in [6.45, 7) is 4.84. The number of rotatable bonds is 2. The summed E-state index contributed by atoms with van der Waals surface area (Å²) in [5.74, 6) is 0.362. The number of amides is 1. The third kappa shape index (κ3) is 1.94. The summed E-state index contributed by atoms with van der Waals surface area (Å²) in [5.41, 5.74) is 1.74. The Labute approximate surface area is 100 Å². The van der Waals surface area contributed by atoms with E-state index in [1.807, 2.05) is 18.4 Å². The van der Waals surface area contributed by atoms with Crippen LogP contribution in [0.2, 0.25) is 0 Å². The van der Waals surface area contributed by atoms with Gasteiger partial charge in [0, 0.05) is 20.1 Å². The van der Waals surface area contributed by atoms with Crippen molar-refractivity contribution in [3.8, 4) is 0 Å². The van der Waals surface area contributed by atoms with E-state index in [0.717, 1.165) is 11.4 Å². The normalized spacial score (nSPS) is 15.4. The predicted octanol–water partition coefficient (Wildman–Crippen LogP) is 0.871. The van der Waals surface area contributed by atoms with E-state index in [1.54, 1.807) is 14.1 Å². The van der Waals surface area contributed by atoms with E-state index in [2.05, 4.69) is 4.98 Å². The van der Waals surface area contributed by atoms with E-state index in [-0.39, 0.29) is 11.9 Å². The quantitative estimate of drug-likeness (QED) is 0.830. The average Bonchev–Trinajstić information content (AvgIpc) is 2.70. The van der Waals surface area contributed by atoms with Crippen molar-refractivity contribution in [1.29, 1.82) is 0 Å². The third-order valence-electron chi connectivity index (χ3n) is 2.87. The minimum absolute atomic E-state index is 0.0995. The second-order valence-corrected chi connectivity index (χ2v) is 4.81. The minimum Gasteiger partial charge on any atom is -0.342 e. The Morgan fingerprint density at radius 3 is 2.59 bits per heavy atom. The SMILES string of the molecule is CC(C)n1c(C(=O)N(C)C)nc2c1CN(O)C2. The summed E-state index contributed by atoms with van der Waals surface area (Å²) in [4.78, 5) is 17.9. The van der Waals surface area contributed by atoms with Crippen LogP contribution in [0.4, 0.5) is 0 Å². The molecule has 6 nitrogen and oxygen atoms in total. The Hall–Kier alpha value is -1.40. The number of carbonyl (C=O) groups excluding carboxylic acids is 1. The largest absolute Gasteiger partial charge is 0.342 e. The molecule has 0 fully saturated rings. The smallest absolute Gasteiger partial charge is 0.289 e. The second-order valence-electron chi connectivity index (χ2n) is 4.81. The lowest BCUT2D eigenvalue weighted by Crippen LogP contribution is -2.27. The first-order valence-corrected chi connectivity index (χ1v) is 5.67. The van der Waals surface area contributed by atoms with Gasteiger partial charge >= 0.3 is 0 Å². The highest BCUT2D eigenvalue weighted by atomic mass is 16.5. The van der Waals surface area contributed by atoms with E-state index in [0.29, 0.717) is 18.9 Å². The molecule has 0 unspecified atom stereocenters. The molecule has 1 amide bonds. The standard InChI is InChI=1S/C11H18N4O2/c1-7(2)15-9-6-14(17)5-8(9)12-10(15)11(16)13(3)4/h7,17H,5-6H2,1-4H3. The summed E-state index contributed by atoms with van der Waals surface area (Å²) < 4.78 is 1.91. The first kappa shape index (κ1) is 12.1. The van der Waals surface area contributed by atoms with E-state index in [4.69, 9.17) is 0 Å². The fourth-order valence-corrected chi connectivity index (χ4v) is 2.12. The minimum atomic E-state index is -0.0995. The molecular formula is C11H18N4O2. The maximum absolute atomic E-state index is 12.0. The zero-order valence-corrected chi connectivity index (χ0v) is 10.6. The van der Waals surface area contributed by atoms with Crippen LogP contribution in [-0.4, -0.2) is 44.7 Å². The molecule has 0 saturated carbocycles. The van der Waals surface area contributed by atoms with Crippen LogP contribution >= 0.6 is 0 Å².